The van der Waals surface area contributed by atoms with Gasteiger partial charge in [-0.2, -0.15) is 0 Å². The number of nitrogens with one attached hydrogen (secondary N) is 1. The first-order valence-corrected chi connectivity index (χ1v) is 9.63. The van der Waals surface area contributed by atoms with Crippen LogP contribution >= 0.6 is 0 Å². The molecule has 0 atom stereocenters. The topological polar surface area (TPSA) is 112 Å². The number of ether oxygens (including phenoxy) is 2. The lowest BCUT2D eigenvalue weighted by atomic mass is 10.1. The number of benzene rings is 1. The van der Waals surface area contributed by atoms with Gasteiger partial charge < -0.3 is 13.9 Å². The first kappa shape index (κ1) is 20.7. The lowest BCUT2D eigenvalue weighted by Crippen LogP contribution is -2.23. The Bertz CT molecular complexity index is 960. The maximum Gasteiger partial charge on any atom is 0.374 e. The molecule has 0 unspecified atom stereocenters. The van der Waals surface area contributed by atoms with Gasteiger partial charge in [0.15, 0.2) is 0 Å². The third-order valence-corrected chi connectivity index (χ3v) is 5.30. The van der Waals surface area contributed by atoms with Gasteiger partial charge in [0.05, 0.1) is 17.6 Å². The Morgan fingerprint density at radius 2 is 1.81 bits per heavy atom. The van der Waals surface area contributed by atoms with Crippen molar-refractivity contribution in [2.45, 2.75) is 32.3 Å². The van der Waals surface area contributed by atoms with Crippen LogP contribution in [0.2, 0.25) is 0 Å². The number of furan rings is 1. The molecular formula is C18H21NO7S. The van der Waals surface area contributed by atoms with Crippen molar-refractivity contribution in [3.63, 3.8) is 0 Å². The van der Waals surface area contributed by atoms with Crippen LogP contribution in [0.5, 0.6) is 0 Å². The Labute approximate surface area is 157 Å². The number of esters is 2. The van der Waals surface area contributed by atoms with Crippen LogP contribution in [0.3, 0.4) is 0 Å². The van der Waals surface area contributed by atoms with Gasteiger partial charge in [0, 0.05) is 12.1 Å². The predicted molar refractivity (Wildman–Crippen MR) is 95.9 cm³/mol. The third kappa shape index (κ3) is 4.75. The molecule has 146 valence electrons. The van der Waals surface area contributed by atoms with Crippen molar-refractivity contribution in [2.75, 3.05) is 13.7 Å². The number of hydrogen-bond donors (Lipinski definition) is 1. The van der Waals surface area contributed by atoms with E-state index in [1.54, 1.807) is 26.8 Å². The summed E-state index contributed by atoms with van der Waals surface area (Å²) in [4.78, 5) is 23.9. The lowest BCUT2D eigenvalue weighted by Gasteiger charge is -2.09. The van der Waals surface area contributed by atoms with Crippen LogP contribution in [0.4, 0.5) is 0 Å². The van der Waals surface area contributed by atoms with Crippen molar-refractivity contribution in [3.05, 3.63) is 52.5 Å². The molecule has 2 rings (SSSR count). The molecule has 0 bridgehead atoms. The molecule has 0 aliphatic rings. The molecule has 0 radical (unpaired) electrons. The molecule has 0 spiro atoms. The van der Waals surface area contributed by atoms with Crippen molar-refractivity contribution in [2.24, 2.45) is 0 Å². The lowest BCUT2D eigenvalue weighted by molar-refractivity contribution is 0.0437. The van der Waals surface area contributed by atoms with E-state index in [0.29, 0.717) is 11.1 Å². The van der Waals surface area contributed by atoms with E-state index in [4.69, 9.17) is 9.15 Å². The summed E-state index contributed by atoms with van der Waals surface area (Å²) in [6.07, 6.45) is 0. The van der Waals surface area contributed by atoms with Gasteiger partial charge in [0.25, 0.3) is 0 Å². The van der Waals surface area contributed by atoms with Gasteiger partial charge in [0.1, 0.15) is 12.4 Å². The molecule has 27 heavy (non-hydrogen) atoms. The summed E-state index contributed by atoms with van der Waals surface area (Å²) in [5.41, 5.74) is 1.26. The second-order valence-corrected chi connectivity index (χ2v) is 7.54. The predicted octanol–water partition coefficient (Wildman–Crippen LogP) is 2.34. The minimum Gasteiger partial charge on any atom is -0.463 e. The molecule has 0 amide bonds. The molecule has 0 aliphatic heterocycles. The number of rotatable bonds is 7. The summed E-state index contributed by atoms with van der Waals surface area (Å²) in [6.45, 7) is 5.03. The van der Waals surface area contributed by atoms with E-state index in [0.717, 1.165) is 0 Å². The Hall–Kier alpha value is -2.65. The van der Waals surface area contributed by atoms with Gasteiger partial charge in [-0.1, -0.05) is 13.0 Å². The van der Waals surface area contributed by atoms with Crippen molar-refractivity contribution in [1.29, 1.82) is 0 Å². The monoisotopic (exact) mass is 395 g/mol. The average Bonchev–Trinajstić information content (AvgIpc) is 3.00. The van der Waals surface area contributed by atoms with Gasteiger partial charge in [-0.3, -0.25) is 0 Å². The molecule has 0 saturated carbocycles. The molecule has 1 aromatic heterocycles. The van der Waals surface area contributed by atoms with E-state index in [1.165, 1.54) is 25.3 Å². The smallest absolute Gasteiger partial charge is 0.374 e. The SMILES string of the molecule is CCNS(=O)(=O)c1ccc(C)c(C(=O)OCc2cc(C)c(C(=O)OC)o2)c1. The van der Waals surface area contributed by atoms with Crippen LogP contribution in [-0.2, 0) is 26.1 Å². The van der Waals surface area contributed by atoms with Gasteiger partial charge >= 0.3 is 11.9 Å². The van der Waals surface area contributed by atoms with Gasteiger partial charge in [-0.25, -0.2) is 22.7 Å². The second kappa shape index (κ2) is 8.36. The fourth-order valence-electron chi connectivity index (χ4n) is 2.39. The van der Waals surface area contributed by atoms with Crippen LogP contribution < -0.4 is 4.72 Å². The van der Waals surface area contributed by atoms with Gasteiger partial charge in [-0.15, -0.1) is 0 Å². The highest BCUT2D eigenvalue weighted by Gasteiger charge is 2.20. The van der Waals surface area contributed by atoms with E-state index < -0.39 is 22.0 Å². The maximum absolute atomic E-state index is 12.4. The summed E-state index contributed by atoms with van der Waals surface area (Å²) in [5.74, 6) is -1.01. The Morgan fingerprint density at radius 3 is 2.44 bits per heavy atom. The molecule has 2 aromatic rings. The molecular weight excluding hydrogens is 374 g/mol. The fraction of sp³-hybridized carbons (Fsp3) is 0.333. The van der Waals surface area contributed by atoms with Crippen LogP contribution in [0.1, 0.15) is 44.7 Å². The molecule has 8 nitrogen and oxygen atoms in total. The Morgan fingerprint density at radius 1 is 1.11 bits per heavy atom. The molecule has 1 N–H and O–H groups in total. The Kier molecular flexibility index (Phi) is 6.40. The van der Waals surface area contributed by atoms with Crippen molar-refractivity contribution >= 4 is 22.0 Å². The largest absolute Gasteiger partial charge is 0.463 e. The third-order valence-electron chi connectivity index (χ3n) is 3.76. The highest BCUT2D eigenvalue weighted by atomic mass is 32.2. The first-order chi connectivity index (χ1) is 12.7. The molecule has 0 saturated heterocycles. The number of carbonyl (C=O) groups is 2. The zero-order valence-electron chi connectivity index (χ0n) is 15.5. The van der Waals surface area contributed by atoms with E-state index in [-0.39, 0.29) is 35.1 Å². The molecule has 1 heterocycles. The Balaban J connectivity index is 2.18. The zero-order valence-corrected chi connectivity index (χ0v) is 16.3. The number of hydrogen-bond acceptors (Lipinski definition) is 7. The molecule has 0 aliphatic carbocycles. The van der Waals surface area contributed by atoms with Gasteiger partial charge in [0.2, 0.25) is 15.8 Å². The molecule has 9 heteroatoms. The first-order valence-electron chi connectivity index (χ1n) is 8.14. The fourth-order valence-corrected chi connectivity index (χ4v) is 3.46. The van der Waals surface area contributed by atoms with Crippen LogP contribution in [0, 0.1) is 13.8 Å². The summed E-state index contributed by atoms with van der Waals surface area (Å²) in [5, 5.41) is 0. The number of carbonyl (C=O) groups excluding carboxylic acids is 2. The van der Waals surface area contributed by atoms with E-state index in [9.17, 15) is 18.0 Å². The summed E-state index contributed by atoms with van der Waals surface area (Å²) in [6, 6.07) is 5.79. The standard InChI is InChI=1S/C18H21NO7S/c1-5-19-27(22,23)14-7-6-11(2)15(9-14)17(20)25-10-13-8-12(3)16(26-13)18(21)24-4/h6-9,19H,5,10H2,1-4H3. The normalized spacial score (nSPS) is 11.3. The van der Waals surface area contributed by atoms with Crippen LogP contribution in [0.15, 0.2) is 33.6 Å². The van der Waals surface area contributed by atoms with E-state index in [1.807, 2.05) is 0 Å². The summed E-state index contributed by atoms with van der Waals surface area (Å²) >= 11 is 0. The van der Waals surface area contributed by atoms with Crippen molar-refractivity contribution in [1.82, 2.24) is 4.72 Å². The second-order valence-electron chi connectivity index (χ2n) is 5.77. The minimum atomic E-state index is -3.69. The maximum atomic E-state index is 12.4. The van der Waals surface area contributed by atoms with E-state index >= 15 is 0 Å². The zero-order chi connectivity index (χ0) is 20.2. The van der Waals surface area contributed by atoms with E-state index in [2.05, 4.69) is 9.46 Å². The molecule has 1 aromatic carbocycles. The van der Waals surface area contributed by atoms with Crippen LogP contribution in [-0.4, -0.2) is 34.0 Å². The number of aryl methyl sites for hydroxylation is 2. The number of methoxy groups -OCH3 is 1. The average molecular weight is 395 g/mol. The number of sulfonamides is 1. The van der Waals surface area contributed by atoms with Crippen molar-refractivity contribution in [3.8, 4) is 0 Å². The summed E-state index contributed by atoms with van der Waals surface area (Å²) in [7, 11) is -2.46. The summed E-state index contributed by atoms with van der Waals surface area (Å²) < 4.78 is 41.7. The minimum absolute atomic E-state index is 0.0243. The quantitative estimate of drug-likeness (QED) is 0.716. The highest BCUT2D eigenvalue weighted by molar-refractivity contribution is 7.89. The van der Waals surface area contributed by atoms with Crippen LogP contribution in [0.25, 0.3) is 0 Å². The van der Waals surface area contributed by atoms with Gasteiger partial charge in [-0.05, 0) is 37.6 Å². The molecule has 0 fully saturated rings. The van der Waals surface area contributed by atoms with Crippen molar-refractivity contribution < 1.29 is 31.9 Å². The highest BCUT2D eigenvalue weighted by Crippen LogP contribution is 2.19.